The van der Waals surface area contributed by atoms with Gasteiger partial charge in [-0.05, 0) is 42.7 Å². The summed E-state index contributed by atoms with van der Waals surface area (Å²) in [5.74, 6) is 0.612. The van der Waals surface area contributed by atoms with Crippen molar-refractivity contribution in [2.45, 2.75) is 33.1 Å². The van der Waals surface area contributed by atoms with Crippen molar-refractivity contribution in [3.05, 3.63) is 107 Å². The van der Waals surface area contributed by atoms with E-state index in [0.29, 0.717) is 41.5 Å². The van der Waals surface area contributed by atoms with Crippen molar-refractivity contribution in [3.63, 3.8) is 0 Å². The highest BCUT2D eigenvalue weighted by Crippen LogP contribution is 2.36. The van der Waals surface area contributed by atoms with E-state index in [1.807, 2.05) is 72.8 Å². The van der Waals surface area contributed by atoms with Crippen LogP contribution in [0.2, 0.25) is 0 Å². The van der Waals surface area contributed by atoms with Crippen molar-refractivity contribution in [2.75, 3.05) is 13.7 Å². The third-order valence-corrected chi connectivity index (χ3v) is 6.02. The minimum atomic E-state index is -0.685. The van der Waals surface area contributed by atoms with Crippen LogP contribution in [0.4, 0.5) is 4.79 Å². The summed E-state index contributed by atoms with van der Waals surface area (Å²) in [5, 5.41) is 2.91. The molecule has 1 heterocycles. The maximum atomic E-state index is 12.9. The predicted molar refractivity (Wildman–Crippen MR) is 136 cm³/mol. The molecule has 0 saturated heterocycles. The molecular formula is C29H30N2O5. The van der Waals surface area contributed by atoms with Crippen LogP contribution in [0.5, 0.6) is 11.5 Å². The summed E-state index contributed by atoms with van der Waals surface area (Å²) >= 11 is 0. The third-order valence-electron chi connectivity index (χ3n) is 6.02. The molecule has 1 unspecified atom stereocenters. The van der Waals surface area contributed by atoms with E-state index < -0.39 is 12.0 Å². The number of esters is 1. The van der Waals surface area contributed by atoms with E-state index >= 15 is 0 Å². The van der Waals surface area contributed by atoms with Gasteiger partial charge in [-0.2, -0.15) is 0 Å². The Morgan fingerprint density at radius 2 is 1.47 bits per heavy atom. The van der Waals surface area contributed by atoms with Gasteiger partial charge in [0.1, 0.15) is 13.2 Å². The molecule has 186 valence electrons. The monoisotopic (exact) mass is 486 g/mol. The van der Waals surface area contributed by atoms with E-state index in [1.54, 1.807) is 27.0 Å². The SMILES string of the molecule is CCOC(=O)C1=C(C)N(C)C(=O)NC1c1ccc(OCc2ccccc2)c(OCc2ccccc2)c1. The van der Waals surface area contributed by atoms with Crippen LogP contribution in [0.15, 0.2) is 90.1 Å². The lowest BCUT2D eigenvalue weighted by molar-refractivity contribution is -0.139. The minimum absolute atomic E-state index is 0.234. The maximum Gasteiger partial charge on any atom is 0.338 e. The van der Waals surface area contributed by atoms with Crippen LogP contribution < -0.4 is 14.8 Å². The molecule has 7 nitrogen and oxygen atoms in total. The number of nitrogens with one attached hydrogen (secondary N) is 1. The van der Waals surface area contributed by atoms with Crippen LogP contribution in [0.1, 0.15) is 36.6 Å². The Bertz CT molecular complexity index is 1240. The van der Waals surface area contributed by atoms with Crippen LogP contribution in [0.3, 0.4) is 0 Å². The molecule has 2 amide bonds. The molecule has 0 aliphatic carbocycles. The lowest BCUT2D eigenvalue weighted by atomic mass is 9.94. The molecule has 1 atom stereocenters. The van der Waals surface area contributed by atoms with Crippen molar-refractivity contribution >= 4 is 12.0 Å². The Morgan fingerprint density at radius 3 is 2.06 bits per heavy atom. The van der Waals surface area contributed by atoms with Crippen molar-refractivity contribution in [3.8, 4) is 11.5 Å². The number of rotatable bonds is 9. The summed E-state index contributed by atoms with van der Waals surface area (Å²) in [7, 11) is 1.62. The van der Waals surface area contributed by atoms with Crippen LogP contribution in [-0.4, -0.2) is 30.6 Å². The first-order valence-corrected chi connectivity index (χ1v) is 11.9. The van der Waals surface area contributed by atoms with E-state index in [1.165, 1.54) is 4.90 Å². The molecule has 7 heteroatoms. The third kappa shape index (κ3) is 5.68. The standard InChI is InChI=1S/C29H30N2O5/c1-4-34-28(32)26-20(2)31(3)29(33)30-27(26)23-15-16-24(35-18-21-11-7-5-8-12-21)25(17-23)36-19-22-13-9-6-10-14-22/h5-17,27H,4,18-19H2,1-3H3,(H,30,33). The minimum Gasteiger partial charge on any atom is -0.485 e. The van der Waals surface area contributed by atoms with Gasteiger partial charge in [-0.3, -0.25) is 0 Å². The average molecular weight is 487 g/mol. The Labute approximate surface area is 211 Å². The van der Waals surface area contributed by atoms with E-state index in [2.05, 4.69) is 5.32 Å². The number of amides is 2. The quantitative estimate of drug-likeness (QED) is 0.411. The number of carbonyl (C=O) groups is 2. The summed E-state index contributed by atoms with van der Waals surface area (Å²) < 4.78 is 17.6. The summed E-state index contributed by atoms with van der Waals surface area (Å²) in [6.07, 6.45) is 0. The fourth-order valence-corrected chi connectivity index (χ4v) is 3.97. The number of hydrogen-bond acceptors (Lipinski definition) is 5. The lowest BCUT2D eigenvalue weighted by Crippen LogP contribution is -2.46. The molecule has 3 aromatic carbocycles. The molecule has 0 spiro atoms. The highest BCUT2D eigenvalue weighted by molar-refractivity contribution is 5.95. The number of carbonyl (C=O) groups excluding carboxylic acids is 2. The fourth-order valence-electron chi connectivity index (χ4n) is 3.97. The first-order valence-electron chi connectivity index (χ1n) is 11.9. The van der Waals surface area contributed by atoms with E-state index in [0.717, 1.165) is 11.1 Å². The van der Waals surface area contributed by atoms with Gasteiger partial charge in [-0.25, -0.2) is 9.59 Å². The molecule has 0 fully saturated rings. The predicted octanol–water partition coefficient (Wildman–Crippen LogP) is 5.38. The lowest BCUT2D eigenvalue weighted by Gasteiger charge is -2.33. The Kier molecular flexibility index (Phi) is 7.90. The van der Waals surface area contributed by atoms with E-state index in [4.69, 9.17) is 14.2 Å². The zero-order valence-corrected chi connectivity index (χ0v) is 20.7. The highest BCUT2D eigenvalue weighted by atomic mass is 16.5. The molecule has 0 bridgehead atoms. The van der Waals surface area contributed by atoms with Gasteiger partial charge in [0.2, 0.25) is 0 Å². The average Bonchev–Trinajstić information content (AvgIpc) is 2.90. The molecule has 1 aliphatic heterocycles. The van der Waals surface area contributed by atoms with Gasteiger partial charge in [0.25, 0.3) is 0 Å². The van der Waals surface area contributed by atoms with Crippen molar-refractivity contribution < 1.29 is 23.8 Å². The maximum absolute atomic E-state index is 12.9. The number of benzene rings is 3. The Hall–Kier alpha value is -4.26. The number of allylic oxidation sites excluding steroid dienone is 1. The number of nitrogens with zero attached hydrogens (tertiary/aromatic N) is 1. The summed E-state index contributed by atoms with van der Waals surface area (Å²) in [6.45, 7) is 4.44. The smallest absolute Gasteiger partial charge is 0.338 e. The van der Waals surface area contributed by atoms with Crippen LogP contribution in [0.25, 0.3) is 0 Å². The molecule has 0 aromatic heterocycles. The molecule has 1 aliphatic rings. The van der Waals surface area contributed by atoms with Gasteiger partial charge < -0.3 is 24.4 Å². The van der Waals surface area contributed by atoms with Gasteiger partial charge in [0.15, 0.2) is 11.5 Å². The van der Waals surface area contributed by atoms with Gasteiger partial charge in [0.05, 0.1) is 18.2 Å². The molecule has 0 radical (unpaired) electrons. The second-order valence-corrected chi connectivity index (χ2v) is 8.42. The van der Waals surface area contributed by atoms with E-state index in [-0.39, 0.29) is 12.6 Å². The normalized spacial score (nSPS) is 15.4. The van der Waals surface area contributed by atoms with Gasteiger partial charge in [0, 0.05) is 12.7 Å². The largest absolute Gasteiger partial charge is 0.485 e. The zero-order valence-electron chi connectivity index (χ0n) is 20.7. The first-order chi connectivity index (χ1) is 17.5. The molecule has 1 N–H and O–H groups in total. The molecular weight excluding hydrogens is 456 g/mol. The fraction of sp³-hybridized carbons (Fsp3) is 0.241. The van der Waals surface area contributed by atoms with Gasteiger partial charge in [-0.15, -0.1) is 0 Å². The van der Waals surface area contributed by atoms with Crippen molar-refractivity contribution in [1.82, 2.24) is 10.2 Å². The highest BCUT2D eigenvalue weighted by Gasteiger charge is 2.35. The molecule has 36 heavy (non-hydrogen) atoms. The number of hydrogen-bond donors (Lipinski definition) is 1. The summed E-state index contributed by atoms with van der Waals surface area (Å²) in [4.78, 5) is 26.9. The van der Waals surface area contributed by atoms with Crippen molar-refractivity contribution in [1.29, 1.82) is 0 Å². The molecule has 0 saturated carbocycles. The van der Waals surface area contributed by atoms with Crippen LogP contribution >= 0.6 is 0 Å². The van der Waals surface area contributed by atoms with Crippen molar-refractivity contribution in [2.24, 2.45) is 0 Å². The second kappa shape index (κ2) is 11.4. The number of ether oxygens (including phenoxy) is 3. The second-order valence-electron chi connectivity index (χ2n) is 8.42. The van der Waals surface area contributed by atoms with Gasteiger partial charge >= 0.3 is 12.0 Å². The molecule has 4 rings (SSSR count). The van der Waals surface area contributed by atoms with E-state index in [9.17, 15) is 9.59 Å². The molecule has 3 aromatic rings. The number of urea groups is 1. The summed E-state index contributed by atoms with van der Waals surface area (Å²) in [6, 6.07) is 24.1. The Balaban J connectivity index is 1.68. The van der Waals surface area contributed by atoms with Crippen LogP contribution in [-0.2, 0) is 22.7 Å². The van der Waals surface area contributed by atoms with Gasteiger partial charge in [-0.1, -0.05) is 66.7 Å². The summed E-state index contributed by atoms with van der Waals surface area (Å²) in [5.41, 5.74) is 3.65. The topological polar surface area (TPSA) is 77.1 Å². The first kappa shape index (κ1) is 24.9. The zero-order chi connectivity index (χ0) is 25.5. The Morgan fingerprint density at radius 1 is 0.889 bits per heavy atom. The van der Waals surface area contributed by atoms with Crippen LogP contribution in [0, 0.1) is 0 Å².